The monoisotopic (exact) mass is 498 g/mol. The fourth-order valence-electron chi connectivity index (χ4n) is 2.11. The predicted octanol–water partition coefficient (Wildman–Crippen LogP) is 2.62. The summed E-state index contributed by atoms with van der Waals surface area (Å²) >= 11 is 2.12. The standard InChI is InChI=1S/C19H19IN2O6/c1-25-16-9-13(5-6-14(16)20)19(24)22-21-10-12-4-7-15(17(8-12)26-2)28-11-18(23)27-3/h4-10H,11H2,1-3H3,(H,22,24)/b21-10-. The number of carbonyl (C=O) groups is 2. The highest BCUT2D eigenvalue weighted by Gasteiger charge is 2.10. The SMILES string of the molecule is COC(=O)COc1ccc(/C=N\NC(=O)c2ccc(I)c(OC)c2)cc1OC. The zero-order chi connectivity index (χ0) is 20.5. The molecular weight excluding hydrogens is 479 g/mol. The van der Waals surface area contributed by atoms with Crippen molar-refractivity contribution in [3.63, 3.8) is 0 Å². The van der Waals surface area contributed by atoms with Gasteiger partial charge in [0.15, 0.2) is 18.1 Å². The molecule has 0 aliphatic heterocycles. The summed E-state index contributed by atoms with van der Waals surface area (Å²) < 4.78 is 21.2. The van der Waals surface area contributed by atoms with Gasteiger partial charge in [0.1, 0.15) is 5.75 Å². The third-order valence-corrected chi connectivity index (χ3v) is 4.45. The van der Waals surface area contributed by atoms with Crippen molar-refractivity contribution in [1.29, 1.82) is 0 Å². The number of hydrogen-bond acceptors (Lipinski definition) is 7. The molecule has 0 radical (unpaired) electrons. The van der Waals surface area contributed by atoms with Gasteiger partial charge < -0.3 is 18.9 Å². The van der Waals surface area contributed by atoms with Crippen molar-refractivity contribution in [3.05, 3.63) is 51.1 Å². The summed E-state index contributed by atoms with van der Waals surface area (Å²) in [5, 5.41) is 3.95. The van der Waals surface area contributed by atoms with E-state index in [2.05, 4.69) is 37.9 Å². The Morgan fingerprint density at radius 2 is 1.79 bits per heavy atom. The van der Waals surface area contributed by atoms with Crippen LogP contribution in [-0.4, -0.2) is 46.0 Å². The second-order valence-corrected chi connectivity index (χ2v) is 6.49. The zero-order valence-electron chi connectivity index (χ0n) is 15.5. The molecule has 0 spiro atoms. The molecule has 0 heterocycles. The molecule has 1 amide bonds. The molecule has 1 N–H and O–H groups in total. The van der Waals surface area contributed by atoms with Crippen molar-refractivity contribution in [3.8, 4) is 17.2 Å². The summed E-state index contributed by atoms with van der Waals surface area (Å²) in [7, 11) is 4.31. The van der Waals surface area contributed by atoms with E-state index in [-0.39, 0.29) is 12.5 Å². The smallest absolute Gasteiger partial charge is 0.343 e. The van der Waals surface area contributed by atoms with Gasteiger partial charge in [-0.1, -0.05) is 0 Å². The zero-order valence-corrected chi connectivity index (χ0v) is 17.7. The normalized spacial score (nSPS) is 10.4. The number of nitrogens with zero attached hydrogens (tertiary/aromatic N) is 1. The number of esters is 1. The number of rotatable bonds is 8. The number of halogens is 1. The first-order chi connectivity index (χ1) is 13.5. The Morgan fingerprint density at radius 3 is 2.46 bits per heavy atom. The summed E-state index contributed by atoms with van der Waals surface area (Å²) in [6.07, 6.45) is 1.47. The van der Waals surface area contributed by atoms with Crippen LogP contribution >= 0.6 is 22.6 Å². The van der Waals surface area contributed by atoms with E-state index < -0.39 is 5.97 Å². The van der Waals surface area contributed by atoms with Gasteiger partial charge in [-0.05, 0) is 64.6 Å². The third-order valence-electron chi connectivity index (χ3n) is 3.55. The summed E-state index contributed by atoms with van der Waals surface area (Å²) in [5.74, 6) is 0.560. The van der Waals surface area contributed by atoms with Crippen LogP contribution in [0.4, 0.5) is 0 Å². The number of carbonyl (C=O) groups excluding carboxylic acids is 2. The van der Waals surface area contributed by atoms with Crippen molar-refractivity contribution in [1.82, 2.24) is 5.43 Å². The van der Waals surface area contributed by atoms with E-state index in [0.717, 1.165) is 3.57 Å². The molecule has 2 rings (SSSR count). The molecule has 28 heavy (non-hydrogen) atoms. The number of hydrazone groups is 1. The van der Waals surface area contributed by atoms with Crippen LogP contribution in [-0.2, 0) is 9.53 Å². The molecule has 2 aromatic rings. The number of methoxy groups -OCH3 is 3. The first-order valence-electron chi connectivity index (χ1n) is 8.03. The second kappa shape index (κ2) is 10.5. The van der Waals surface area contributed by atoms with Crippen LogP contribution in [0.5, 0.6) is 17.2 Å². The maximum Gasteiger partial charge on any atom is 0.343 e. The lowest BCUT2D eigenvalue weighted by Crippen LogP contribution is -2.17. The third kappa shape index (κ3) is 5.84. The van der Waals surface area contributed by atoms with Crippen molar-refractivity contribution < 1.29 is 28.5 Å². The lowest BCUT2D eigenvalue weighted by molar-refractivity contribution is -0.142. The number of amides is 1. The molecular formula is C19H19IN2O6. The minimum atomic E-state index is -0.498. The van der Waals surface area contributed by atoms with E-state index in [1.807, 2.05) is 0 Å². The fraction of sp³-hybridized carbons (Fsp3) is 0.211. The summed E-state index contributed by atoms with van der Waals surface area (Å²) in [4.78, 5) is 23.4. The predicted molar refractivity (Wildman–Crippen MR) is 111 cm³/mol. The van der Waals surface area contributed by atoms with Crippen LogP contribution in [0.1, 0.15) is 15.9 Å². The molecule has 0 aromatic heterocycles. The molecule has 8 nitrogen and oxygen atoms in total. The van der Waals surface area contributed by atoms with E-state index in [1.165, 1.54) is 20.4 Å². The van der Waals surface area contributed by atoms with Crippen LogP contribution in [0.25, 0.3) is 0 Å². The molecule has 0 aliphatic carbocycles. The average Bonchev–Trinajstić information content (AvgIpc) is 2.72. The van der Waals surface area contributed by atoms with Crippen LogP contribution in [0.3, 0.4) is 0 Å². The molecule has 0 bridgehead atoms. The molecule has 148 valence electrons. The van der Waals surface area contributed by atoms with Gasteiger partial charge in [0.05, 0.1) is 31.1 Å². The maximum atomic E-state index is 12.2. The molecule has 0 unspecified atom stereocenters. The Hall–Kier alpha value is -2.82. The Morgan fingerprint density at radius 1 is 1.04 bits per heavy atom. The van der Waals surface area contributed by atoms with Gasteiger partial charge in [0.2, 0.25) is 0 Å². The molecule has 9 heteroatoms. The molecule has 2 aromatic carbocycles. The van der Waals surface area contributed by atoms with Crippen molar-refractivity contribution >= 4 is 40.7 Å². The van der Waals surface area contributed by atoms with Gasteiger partial charge in [-0.3, -0.25) is 4.79 Å². The maximum absolute atomic E-state index is 12.2. The first kappa shape index (κ1) is 21.5. The largest absolute Gasteiger partial charge is 0.496 e. The molecule has 0 aliphatic rings. The topological polar surface area (TPSA) is 95.5 Å². The highest BCUT2D eigenvalue weighted by atomic mass is 127. The summed E-state index contributed by atoms with van der Waals surface area (Å²) in [5.41, 5.74) is 3.56. The summed E-state index contributed by atoms with van der Waals surface area (Å²) in [6, 6.07) is 10.1. The Kier molecular flexibility index (Phi) is 8.05. The van der Waals surface area contributed by atoms with E-state index in [1.54, 1.807) is 43.5 Å². The van der Waals surface area contributed by atoms with E-state index in [9.17, 15) is 9.59 Å². The minimum absolute atomic E-state index is 0.226. The fourth-order valence-corrected chi connectivity index (χ4v) is 2.67. The van der Waals surface area contributed by atoms with Crippen LogP contribution < -0.4 is 19.6 Å². The Bertz CT molecular complexity index is 885. The lowest BCUT2D eigenvalue weighted by atomic mass is 10.2. The average molecular weight is 498 g/mol. The molecule has 0 fully saturated rings. The number of ether oxygens (including phenoxy) is 4. The highest BCUT2D eigenvalue weighted by molar-refractivity contribution is 14.1. The Labute approximate surface area is 175 Å². The summed E-state index contributed by atoms with van der Waals surface area (Å²) in [6.45, 7) is -0.226. The van der Waals surface area contributed by atoms with Gasteiger partial charge in [0, 0.05) is 5.56 Å². The molecule has 0 atom stereocenters. The van der Waals surface area contributed by atoms with E-state index in [0.29, 0.717) is 28.4 Å². The van der Waals surface area contributed by atoms with E-state index >= 15 is 0 Å². The second-order valence-electron chi connectivity index (χ2n) is 5.32. The molecule has 0 saturated heterocycles. The van der Waals surface area contributed by atoms with Gasteiger partial charge >= 0.3 is 5.97 Å². The van der Waals surface area contributed by atoms with Gasteiger partial charge in [-0.15, -0.1) is 0 Å². The quantitative estimate of drug-likeness (QED) is 0.260. The van der Waals surface area contributed by atoms with Gasteiger partial charge in [0.25, 0.3) is 5.91 Å². The van der Waals surface area contributed by atoms with Crippen LogP contribution in [0, 0.1) is 3.57 Å². The minimum Gasteiger partial charge on any atom is -0.496 e. The number of benzene rings is 2. The van der Waals surface area contributed by atoms with Crippen molar-refractivity contribution in [2.75, 3.05) is 27.9 Å². The van der Waals surface area contributed by atoms with Gasteiger partial charge in [-0.25, -0.2) is 10.2 Å². The van der Waals surface area contributed by atoms with Gasteiger partial charge in [-0.2, -0.15) is 5.10 Å². The van der Waals surface area contributed by atoms with Crippen molar-refractivity contribution in [2.45, 2.75) is 0 Å². The van der Waals surface area contributed by atoms with E-state index in [4.69, 9.17) is 14.2 Å². The highest BCUT2D eigenvalue weighted by Crippen LogP contribution is 2.27. The Balaban J connectivity index is 2.03. The first-order valence-corrected chi connectivity index (χ1v) is 9.11. The van der Waals surface area contributed by atoms with Crippen molar-refractivity contribution in [2.24, 2.45) is 5.10 Å². The van der Waals surface area contributed by atoms with Crippen LogP contribution in [0.15, 0.2) is 41.5 Å². The number of hydrogen-bond donors (Lipinski definition) is 1. The van der Waals surface area contributed by atoms with Crippen LogP contribution in [0.2, 0.25) is 0 Å². The lowest BCUT2D eigenvalue weighted by Gasteiger charge is -2.10. The molecule has 0 saturated carbocycles. The number of nitrogens with one attached hydrogen (secondary N) is 1.